The molecule has 1 amide bonds. The minimum atomic E-state index is -0.406. The van der Waals surface area contributed by atoms with E-state index < -0.39 is 5.92 Å². The van der Waals surface area contributed by atoms with Crippen LogP contribution in [0.3, 0.4) is 0 Å². The topological polar surface area (TPSA) is 84.9 Å². The Morgan fingerprint density at radius 3 is 2.17 bits per heavy atom. The van der Waals surface area contributed by atoms with E-state index in [0.717, 1.165) is 53.8 Å². The summed E-state index contributed by atoms with van der Waals surface area (Å²) in [6, 6.07) is 14.6. The molecule has 2 aromatic carbocycles. The van der Waals surface area contributed by atoms with E-state index in [1.54, 1.807) is 18.2 Å². The van der Waals surface area contributed by atoms with Gasteiger partial charge in [-0.1, -0.05) is 24.3 Å². The summed E-state index contributed by atoms with van der Waals surface area (Å²) in [5.74, 6) is 0.397. The van der Waals surface area contributed by atoms with Gasteiger partial charge in [0.1, 0.15) is 0 Å². The number of hydrogen-bond donors (Lipinski definition) is 1. The molecule has 0 unspecified atom stereocenters. The number of carbonyl (C=O) groups excluding carboxylic acids is 3. The first-order valence-corrected chi connectivity index (χ1v) is 12.4. The number of methoxy groups -OCH3 is 1. The van der Waals surface area contributed by atoms with Crippen molar-refractivity contribution >= 4 is 23.2 Å². The Labute approximate surface area is 210 Å². The molecule has 1 heterocycles. The number of para-hydroxylation sites is 1. The lowest BCUT2D eigenvalue weighted by Crippen LogP contribution is -2.37. The molecule has 5 rings (SSSR count). The number of carbonyl (C=O) groups is 3. The molecule has 0 saturated heterocycles. The Bertz CT molecular complexity index is 1230. The molecule has 0 bridgehead atoms. The summed E-state index contributed by atoms with van der Waals surface area (Å²) in [5.41, 5.74) is 5.04. The summed E-state index contributed by atoms with van der Waals surface area (Å²) in [7, 11) is 3.52. The first kappa shape index (κ1) is 23.9. The standard InChI is InChI=1S/C29H30N2O5/c1-31-20-10-6-12-22(32)28(20)27(29-21(31)11-7-13-23(29)33)18-14-15-24(25(16-18)35-2)36-17-26(34)30-19-8-4-3-5-9-19/h3-5,8-9,14-16,27H,6-7,10-13,17H2,1-2H3,(H,30,34). The number of allylic oxidation sites excluding steroid dienone is 4. The van der Waals surface area contributed by atoms with Crippen LogP contribution in [0.2, 0.25) is 0 Å². The Morgan fingerprint density at radius 2 is 1.56 bits per heavy atom. The molecule has 36 heavy (non-hydrogen) atoms. The predicted octanol–water partition coefficient (Wildman–Crippen LogP) is 4.76. The van der Waals surface area contributed by atoms with Crippen molar-refractivity contribution < 1.29 is 23.9 Å². The summed E-state index contributed by atoms with van der Waals surface area (Å²) in [6.45, 7) is -0.180. The van der Waals surface area contributed by atoms with Crippen LogP contribution in [0.4, 0.5) is 5.69 Å². The quantitative estimate of drug-likeness (QED) is 0.634. The molecule has 2 aromatic rings. The lowest BCUT2D eigenvalue weighted by Gasteiger charge is -2.42. The lowest BCUT2D eigenvalue weighted by atomic mass is 9.71. The Morgan fingerprint density at radius 1 is 0.917 bits per heavy atom. The monoisotopic (exact) mass is 486 g/mol. The van der Waals surface area contributed by atoms with Crippen LogP contribution in [0.5, 0.6) is 11.5 Å². The van der Waals surface area contributed by atoms with Gasteiger partial charge in [0, 0.05) is 54.0 Å². The van der Waals surface area contributed by atoms with Crippen LogP contribution >= 0.6 is 0 Å². The summed E-state index contributed by atoms with van der Waals surface area (Å²) >= 11 is 0. The maximum Gasteiger partial charge on any atom is 0.262 e. The number of rotatable bonds is 6. The highest BCUT2D eigenvalue weighted by molar-refractivity contribution is 6.06. The maximum absolute atomic E-state index is 13.2. The predicted molar refractivity (Wildman–Crippen MR) is 136 cm³/mol. The molecule has 0 atom stereocenters. The fourth-order valence-electron chi connectivity index (χ4n) is 5.53. The highest BCUT2D eigenvalue weighted by atomic mass is 16.5. The Hall–Kier alpha value is -3.87. The number of nitrogens with zero attached hydrogens (tertiary/aromatic N) is 1. The molecule has 186 valence electrons. The van der Waals surface area contributed by atoms with Crippen LogP contribution in [-0.2, 0) is 14.4 Å². The van der Waals surface area contributed by atoms with Crippen molar-refractivity contribution in [3.05, 3.63) is 76.6 Å². The van der Waals surface area contributed by atoms with Crippen molar-refractivity contribution in [3.63, 3.8) is 0 Å². The third-order valence-corrected chi connectivity index (χ3v) is 7.18. The Kier molecular flexibility index (Phi) is 6.63. The molecule has 0 aromatic heterocycles. The first-order valence-electron chi connectivity index (χ1n) is 12.4. The molecule has 1 N–H and O–H groups in total. The molecular weight excluding hydrogens is 456 g/mol. The fraction of sp³-hybridized carbons (Fsp3) is 0.345. The van der Waals surface area contributed by atoms with Crippen LogP contribution in [0.25, 0.3) is 0 Å². The molecular formula is C29H30N2O5. The molecule has 7 heteroatoms. The van der Waals surface area contributed by atoms with Gasteiger partial charge in [-0.05, 0) is 55.5 Å². The van der Waals surface area contributed by atoms with Crippen molar-refractivity contribution in [2.45, 2.75) is 44.4 Å². The van der Waals surface area contributed by atoms with Crippen LogP contribution in [-0.4, -0.2) is 43.1 Å². The van der Waals surface area contributed by atoms with Gasteiger partial charge in [-0.2, -0.15) is 0 Å². The average Bonchev–Trinajstić information content (AvgIpc) is 2.89. The smallest absolute Gasteiger partial charge is 0.262 e. The van der Waals surface area contributed by atoms with Gasteiger partial charge < -0.3 is 19.7 Å². The van der Waals surface area contributed by atoms with Crippen molar-refractivity contribution in [1.82, 2.24) is 4.90 Å². The van der Waals surface area contributed by atoms with Crippen LogP contribution in [0.15, 0.2) is 71.1 Å². The second kappa shape index (κ2) is 10.0. The number of ketones is 2. The van der Waals surface area contributed by atoms with Gasteiger partial charge in [-0.25, -0.2) is 0 Å². The van der Waals surface area contributed by atoms with Gasteiger partial charge in [-0.3, -0.25) is 14.4 Å². The van der Waals surface area contributed by atoms with Gasteiger partial charge in [0.2, 0.25) is 0 Å². The minimum Gasteiger partial charge on any atom is -0.493 e. The Balaban J connectivity index is 1.45. The zero-order valence-corrected chi connectivity index (χ0v) is 20.6. The third kappa shape index (κ3) is 4.41. The van der Waals surface area contributed by atoms with Gasteiger partial charge in [0.05, 0.1) is 7.11 Å². The summed E-state index contributed by atoms with van der Waals surface area (Å²) in [6.07, 6.45) is 4.30. The van der Waals surface area contributed by atoms with E-state index in [9.17, 15) is 14.4 Å². The highest BCUT2D eigenvalue weighted by Crippen LogP contribution is 2.49. The molecule has 2 aliphatic carbocycles. The van der Waals surface area contributed by atoms with Gasteiger partial charge in [-0.15, -0.1) is 0 Å². The van der Waals surface area contributed by atoms with Crippen LogP contribution in [0.1, 0.15) is 50.0 Å². The lowest BCUT2D eigenvalue weighted by molar-refractivity contribution is -0.118. The van der Waals surface area contributed by atoms with Crippen molar-refractivity contribution in [2.75, 3.05) is 26.1 Å². The van der Waals surface area contributed by atoms with Crippen molar-refractivity contribution in [2.24, 2.45) is 0 Å². The molecule has 0 spiro atoms. The van der Waals surface area contributed by atoms with Gasteiger partial charge in [0.25, 0.3) is 5.91 Å². The third-order valence-electron chi connectivity index (χ3n) is 7.18. The van der Waals surface area contributed by atoms with E-state index in [2.05, 4.69) is 10.2 Å². The fourth-order valence-corrected chi connectivity index (χ4v) is 5.53. The van der Waals surface area contributed by atoms with E-state index >= 15 is 0 Å². The molecule has 0 saturated carbocycles. The van der Waals surface area contributed by atoms with E-state index in [1.807, 2.05) is 37.4 Å². The number of hydrogen-bond acceptors (Lipinski definition) is 6. The highest BCUT2D eigenvalue weighted by Gasteiger charge is 2.42. The number of ether oxygens (including phenoxy) is 2. The maximum atomic E-state index is 13.2. The average molecular weight is 487 g/mol. The molecule has 3 aliphatic rings. The number of nitrogens with one attached hydrogen (secondary N) is 1. The van der Waals surface area contributed by atoms with Crippen LogP contribution < -0.4 is 14.8 Å². The van der Waals surface area contributed by atoms with E-state index in [0.29, 0.717) is 30.0 Å². The van der Waals surface area contributed by atoms with E-state index in [-0.39, 0.29) is 24.1 Å². The second-order valence-electron chi connectivity index (χ2n) is 9.38. The van der Waals surface area contributed by atoms with E-state index in [1.165, 1.54) is 7.11 Å². The van der Waals surface area contributed by atoms with Crippen molar-refractivity contribution in [3.8, 4) is 11.5 Å². The second-order valence-corrected chi connectivity index (χ2v) is 9.38. The SMILES string of the molecule is COc1cc(C2C3=C(CCCC3=O)N(C)C3=C2C(=O)CCC3)ccc1OCC(=O)Nc1ccccc1. The van der Waals surface area contributed by atoms with Gasteiger partial charge >= 0.3 is 0 Å². The number of benzene rings is 2. The summed E-state index contributed by atoms with van der Waals surface area (Å²) in [4.78, 5) is 40.8. The van der Waals surface area contributed by atoms with Crippen molar-refractivity contribution in [1.29, 1.82) is 0 Å². The number of amides is 1. The zero-order chi connectivity index (χ0) is 25.2. The molecule has 0 fully saturated rings. The summed E-state index contributed by atoms with van der Waals surface area (Å²) < 4.78 is 11.4. The molecule has 0 radical (unpaired) electrons. The first-order chi connectivity index (χ1) is 17.5. The summed E-state index contributed by atoms with van der Waals surface area (Å²) in [5, 5.41) is 2.79. The zero-order valence-electron chi connectivity index (χ0n) is 20.6. The number of Topliss-reactive ketones (excluding diaryl/α,β-unsaturated/α-hetero) is 2. The van der Waals surface area contributed by atoms with Gasteiger partial charge in [0.15, 0.2) is 29.7 Å². The largest absolute Gasteiger partial charge is 0.493 e. The van der Waals surface area contributed by atoms with E-state index in [4.69, 9.17) is 9.47 Å². The molecule has 1 aliphatic heterocycles. The molecule has 7 nitrogen and oxygen atoms in total. The number of anilines is 1. The minimum absolute atomic E-state index is 0.106. The van der Waals surface area contributed by atoms with Crippen LogP contribution in [0, 0.1) is 0 Å². The normalized spacial score (nSPS) is 18.1.